The molecule has 1 aromatic rings. The first-order valence-corrected chi connectivity index (χ1v) is 7.38. The molecule has 116 valence electrons. The number of hydrogen-bond donors (Lipinski definition) is 2. The number of hydrogen-bond acceptors (Lipinski definition) is 3. The number of amides is 1. The van der Waals surface area contributed by atoms with Crippen LogP contribution in [0.25, 0.3) is 0 Å². The third-order valence-corrected chi connectivity index (χ3v) is 4.31. The smallest absolute Gasteiger partial charge is 0.227 e. The molecule has 0 bridgehead atoms. The zero-order chi connectivity index (χ0) is 15.3. The summed E-state index contributed by atoms with van der Waals surface area (Å²) in [4.78, 5) is 12.4. The van der Waals surface area contributed by atoms with Crippen LogP contribution in [0.15, 0.2) is 18.2 Å². The fraction of sp³-hybridized carbons (Fsp3) is 0.562. The summed E-state index contributed by atoms with van der Waals surface area (Å²) in [7, 11) is 0. The third-order valence-electron chi connectivity index (χ3n) is 4.31. The lowest BCUT2D eigenvalue weighted by molar-refractivity contribution is -0.135. The van der Waals surface area contributed by atoms with Crippen molar-refractivity contribution < 1.29 is 13.9 Å². The normalized spacial score (nSPS) is 17.5. The Kier molecular flexibility index (Phi) is 5.31. The Morgan fingerprint density at radius 1 is 1.43 bits per heavy atom. The molecule has 1 amide bonds. The van der Waals surface area contributed by atoms with E-state index in [1.807, 2.05) is 6.92 Å². The van der Waals surface area contributed by atoms with Gasteiger partial charge >= 0.3 is 0 Å². The Hall–Kier alpha value is -1.46. The Morgan fingerprint density at radius 2 is 2.14 bits per heavy atom. The van der Waals surface area contributed by atoms with Gasteiger partial charge in [-0.05, 0) is 49.4 Å². The molecule has 1 aromatic carbocycles. The van der Waals surface area contributed by atoms with Crippen LogP contribution in [-0.4, -0.2) is 32.2 Å². The second kappa shape index (κ2) is 7.00. The van der Waals surface area contributed by atoms with Gasteiger partial charge < -0.3 is 15.8 Å². The van der Waals surface area contributed by atoms with Crippen molar-refractivity contribution in [3.63, 3.8) is 0 Å². The first-order valence-electron chi connectivity index (χ1n) is 7.38. The van der Waals surface area contributed by atoms with Crippen LogP contribution >= 0.6 is 0 Å². The molecule has 21 heavy (non-hydrogen) atoms. The van der Waals surface area contributed by atoms with E-state index in [4.69, 9.17) is 10.5 Å². The second-order valence-corrected chi connectivity index (χ2v) is 5.67. The van der Waals surface area contributed by atoms with Crippen molar-refractivity contribution in [3.05, 3.63) is 35.1 Å². The molecular formula is C16H23FN2O2. The van der Waals surface area contributed by atoms with Gasteiger partial charge in [-0.15, -0.1) is 0 Å². The fourth-order valence-corrected chi connectivity index (χ4v) is 2.72. The molecule has 1 aliphatic heterocycles. The van der Waals surface area contributed by atoms with Gasteiger partial charge in [0.05, 0.1) is 5.41 Å². The molecule has 0 aromatic heterocycles. The molecule has 0 atom stereocenters. The summed E-state index contributed by atoms with van der Waals surface area (Å²) in [6.45, 7) is 3.93. The number of rotatable bonds is 5. The zero-order valence-corrected chi connectivity index (χ0v) is 12.5. The van der Waals surface area contributed by atoms with E-state index in [-0.39, 0.29) is 11.7 Å². The van der Waals surface area contributed by atoms with Crippen molar-refractivity contribution in [2.45, 2.75) is 26.2 Å². The Labute approximate surface area is 124 Å². The molecule has 0 aliphatic carbocycles. The molecule has 0 unspecified atom stereocenters. The minimum atomic E-state index is -0.490. The highest BCUT2D eigenvalue weighted by molar-refractivity contribution is 5.83. The van der Waals surface area contributed by atoms with Crippen LogP contribution in [0.1, 0.15) is 24.0 Å². The van der Waals surface area contributed by atoms with E-state index in [0.717, 1.165) is 11.1 Å². The third kappa shape index (κ3) is 3.80. The van der Waals surface area contributed by atoms with Gasteiger partial charge in [-0.3, -0.25) is 4.79 Å². The maximum atomic E-state index is 13.0. The number of nitrogens with one attached hydrogen (secondary N) is 1. The Morgan fingerprint density at radius 3 is 2.76 bits per heavy atom. The summed E-state index contributed by atoms with van der Waals surface area (Å²) in [5.41, 5.74) is 7.27. The van der Waals surface area contributed by atoms with E-state index in [9.17, 15) is 9.18 Å². The molecule has 4 nitrogen and oxygen atoms in total. The standard InChI is InChI=1S/C16H23FN2O2/c1-12-10-14(17)3-2-13(12)4-7-19-15(20)16(11-18)5-8-21-9-6-16/h2-3,10H,4-9,11,18H2,1H3,(H,19,20). The van der Waals surface area contributed by atoms with Gasteiger partial charge in [0.2, 0.25) is 5.91 Å². The monoisotopic (exact) mass is 294 g/mol. The average Bonchev–Trinajstić information content (AvgIpc) is 2.50. The Balaban J connectivity index is 1.88. The number of nitrogens with two attached hydrogens (primary N) is 1. The van der Waals surface area contributed by atoms with Crippen LogP contribution < -0.4 is 11.1 Å². The highest BCUT2D eigenvalue weighted by Crippen LogP contribution is 2.29. The van der Waals surface area contributed by atoms with E-state index in [1.54, 1.807) is 6.07 Å². The molecule has 5 heteroatoms. The van der Waals surface area contributed by atoms with Gasteiger partial charge in [0.1, 0.15) is 5.82 Å². The summed E-state index contributed by atoms with van der Waals surface area (Å²) in [6, 6.07) is 4.73. The maximum absolute atomic E-state index is 13.0. The number of halogens is 1. The molecule has 1 saturated heterocycles. The van der Waals surface area contributed by atoms with Crippen LogP contribution in [0.2, 0.25) is 0 Å². The molecule has 1 heterocycles. The van der Waals surface area contributed by atoms with Gasteiger partial charge in [-0.25, -0.2) is 4.39 Å². The van der Waals surface area contributed by atoms with E-state index in [0.29, 0.717) is 45.6 Å². The van der Waals surface area contributed by atoms with Crippen molar-refractivity contribution in [1.82, 2.24) is 5.32 Å². The van der Waals surface area contributed by atoms with Crippen molar-refractivity contribution in [3.8, 4) is 0 Å². The molecule has 1 aliphatic rings. The quantitative estimate of drug-likeness (QED) is 0.866. The Bertz CT molecular complexity index is 499. The fourth-order valence-electron chi connectivity index (χ4n) is 2.72. The lowest BCUT2D eigenvalue weighted by Crippen LogP contribution is -2.49. The summed E-state index contributed by atoms with van der Waals surface area (Å²) >= 11 is 0. The van der Waals surface area contributed by atoms with Gasteiger partial charge in [0, 0.05) is 26.3 Å². The second-order valence-electron chi connectivity index (χ2n) is 5.67. The lowest BCUT2D eigenvalue weighted by Gasteiger charge is -2.34. The number of aryl methyl sites for hydroxylation is 1. The van der Waals surface area contributed by atoms with Crippen molar-refractivity contribution >= 4 is 5.91 Å². The lowest BCUT2D eigenvalue weighted by atomic mass is 9.79. The van der Waals surface area contributed by atoms with Crippen LogP contribution in [0.4, 0.5) is 4.39 Å². The van der Waals surface area contributed by atoms with E-state index in [2.05, 4.69) is 5.32 Å². The summed E-state index contributed by atoms with van der Waals surface area (Å²) in [5.74, 6) is -0.224. The molecule has 0 saturated carbocycles. The molecule has 1 fully saturated rings. The average molecular weight is 294 g/mol. The number of ether oxygens (including phenoxy) is 1. The molecule has 2 rings (SSSR count). The highest BCUT2D eigenvalue weighted by atomic mass is 19.1. The van der Waals surface area contributed by atoms with E-state index < -0.39 is 5.41 Å². The minimum absolute atomic E-state index is 0.00747. The first kappa shape index (κ1) is 15.9. The minimum Gasteiger partial charge on any atom is -0.381 e. The van der Waals surface area contributed by atoms with Gasteiger partial charge in [0.15, 0.2) is 0 Å². The first-order chi connectivity index (χ1) is 10.1. The SMILES string of the molecule is Cc1cc(F)ccc1CCNC(=O)C1(CN)CCOCC1. The molecule has 0 radical (unpaired) electrons. The molecule has 3 N–H and O–H groups in total. The van der Waals surface area contributed by atoms with Gasteiger partial charge in [0.25, 0.3) is 0 Å². The topological polar surface area (TPSA) is 64.4 Å². The predicted molar refractivity (Wildman–Crippen MR) is 79.4 cm³/mol. The summed E-state index contributed by atoms with van der Waals surface area (Å²) in [6.07, 6.45) is 2.03. The maximum Gasteiger partial charge on any atom is 0.227 e. The number of benzene rings is 1. The summed E-state index contributed by atoms with van der Waals surface area (Å²) < 4.78 is 18.3. The van der Waals surface area contributed by atoms with E-state index >= 15 is 0 Å². The van der Waals surface area contributed by atoms with Crippen molar-refractivity contribution in [1.29, 1.82) is 0 Å². The van der Waals surface area contributed by atoms with Crippen LogP contribution in [0.5, 0.6) is 0 Å². The van der Waals surface area contributed by atoms with Crippen LogP contribution in [0.3, 0.4) is 0 Å². The molecular weight excluding hydrogens is 271 g/mol. The van der Waals surface area contributed by atoms with Crippen LogP contribution in [0, 0.1) is 18.2 Å². The largest absolute Gasteiger partial charge is 0.381 e. The number of carbonyl (C=O) groups excluding carboxylic acids is 1. The van der Waals surface area contributed by atoms with E-state index in [1.165, 1.54) is 12.1 Å². The molecule has 0 spiro atoms. The highest BCUT2D eigenvalue weighted by Gasteiger charge is 2.38. The van der Waals surface area contributed by atoms with Crippen LogP contribution in [-0.2, 0) is 16.0 Å². The zero-order valence-electron chi connectivity index (χ0n) is 12.5. The summed E-state index contributed by atoms with van der Waals surface area (Å²) in [5, 5.41) is 2.97. The van der Waals surface area contributed by atoms with Gasteiger partial charge in [-0.2, -0.15) is 0 Å². The van der Waals surface area contributed by atoms with Gasteiger partial charge in [-0.1, -0.05) is 6.07 Å². The van der Waals surface area contributed by atoms with Crippen molar-refractivity contribution in [2.75, 3.05) is 26.3 Å². The number of carbonyl (C=O) groups is 1. The van der Waals surface area contributed by atoms with Crippen molar-refractivity contribution in [2.24, 2.45) is 11.1 Å². The predicted octanol–water partition coefficient (Wildman–Crippen LogP) is 1.55.